The zero-order valence-corrected chi connectivity index (χ0v) is 24.8. The Morgan fingerprint density at radius 1 is 0.512 bits per heavy atom. The summed E-state index contributed by atoms with van der Waals surface area (Å²) in [6.07, 6.45) is 0. The molecule has 0 aliphatic heterocycles. The van der Waals surface area contributed by atoms with Gasteiger partial charge in [-0.05, 0) is 83.3 Å². The van der Waals surface area contributed by atoms with Gasteiger partial charge in [-0.15, -0.1) is 0 Å². The second kappa shape index (κ2) is 9.68. The van der Waals surface area contributed by atoms with E-state index in [1.54, 1.807) is 36.4 Å². The van der Waals surface area contributed by atoms with Crippen molar-refractivity contribution in [2.75, 3.05) is 0 Å². The average molecular weight is 639 g/mol. The van der Waals surface area contributed by atoms with Crippen molar-refractivity contribution in [3.63, 3.8) is 0 Å². The third-order valence-corrected chi connectivity index (χ3v) is 11.5. The molecule has 0 fully saturated rings. The van der Waals surface area contributed by atoms with Gasteiger partial charge in [0.2, 0.25) is 0 Å². The SMILES string of the molecule is Cc1cc(C2(c3cc(C)c(S(=O)(=O)C(F)(F)F)c(C)c3)c3ccccc3-c3ccccc32)cc(C)c1S(=O)(=O)C(F)(F)F. The van der Waals surface area contributed by atoms with Crippen LogP contribution in [0.1, 0.15) is 44.5 Å². The Kier molecular flexibility index (Phi) is 6.94. The Morgan fingerprint density at radius 2 is 0.791 bits per heavy atom. The van der Waals surface area contributed by atoms with Gasteiger partial charge >= 0.3 is 11.0 Å². The van der Waals surface area contributed by atoms with Gasteiger partial charge in [0.15, 0.2) is 0 Å². The average Bonchev–Trinajstić information content (AvgIpc) is 3.17. The van der Waals surface area contributed by atoms with Gasteiger partial charge in [0.05, 0.1) is 15.2 Å². The quantitative estimate of drug-likeness (QED) is 0.188. The lowest BCUT2D eigenvalue weighted by Gasteiger charge is -2.35. The number of hydrogen-bond acceptors (Lipinski definition) is 4. The molecule has 0 amide bonds. The molecule has 4 aromatic carbocycles. The first-order valence-corrected chi connectivity index (χ1v) is 15.8. The zero-order valence-electron chi connectivity index (χ0n) is 23.1. The van der Waals surface area contributed by atoms with E-state index >= 15 is 0 Å². The molecule has 0 atom stereocenters. The number of hydrogen-bond donors (Lipinski definition) is 0. The first-order valence-electron chi connectivity index (χ1n) is 12.8. The van der Waals surface area contributed by atoms with Crippen LogP contribution < -0.4 is 0 Å². The number of benzene rings is 4. The maximum Gasteiger partial charge on any atom is 0.501 e. The lowest BCUT2D eigenvalue weighted by Crippen LogP contribution is -2.31. The largest absolute Gasteiger partial charge is 0.501 e. The van der Waals surface area contributed by atoms with Crippen LogP contribution in [-0.2, 0) is 25.1 Å². The van der Waals surface area contributed by atoms with E-state index in [9.17, 15) is 43.2 Å². The van der Waals surface area contributed by atoms with Crippen molar-refractivity contribution in [1.29, 1.82) is 0 Å². The summed E-state index contributed by atoms with van der Waals surface area (Å²) in [7, 11) is -11.4. The maximum atomic E-state index is 13.6. The Bertz CT molecular complexity index is 1830. The highest BCUT2D eigenvalue weighted by Gasteiger charge is 2.52. The molecule has 12 heteroatoms. The number of fused-ring (bicyclic) bond motifs is 3. The van der Waals surface area contributed by atoms with Gasteiger partial charge in [0.25, 0.3) is 19.7 Å². The summed E-state index contributed by atoms with van der Waals surface area (Å²) in [5, 5.41) is 0. The van der Waals surface area contributed by atoms with Gasteiger partial charge in [-0.25, -0.2) is 16.8 Å². The molecule has 43 heavy (non-hydrogen) atoms. The molecule has 4 nitrogen and oxygen atoms in total. The van der Waals surface area contributed by atoms with Crippen molar-refractivity contribution >= 4 is 19.7 Å². The Labute approximate surface area is 244 Å². The van der Waals surface area contributed by atoms with Gasteiger partial charge in [-0.3, -0.25) is 0 Å². The standard InChI is InChI=1S/C31H24F6O4S2/c1-17-13-21(14-18(2)27(17)42(38,39)30(32,33)34)29(25-11-7-5-9-23(25)24-10-6-8-12-26(24)29)22-15-19(3)28(20(4)16-22)43(40,41)31(35,36)37/h5-16H,1-4H3. The number of rotatable bonds is 4. The van der Waals surface area contributed by atoms with E-state index in [4.69, 9.17) is 0 Å². The van der Waals surface area contributed by atoms with Crippen molar-refractivity contribution < 1.29 is 43.2 Å². The van der Waals surface area contributed by atoms with E-state index in [0.717, 1.165) is 11.1 Å². The summed E-state index contributed by atoms with van der Waals surface area (Å²) in [5.41, 5.74) is -9.57. The Hall–Kier alpha value is -3.64. The minimum Gasteiger partial charge on any atom is -0.214 e. The van der Waals surface area contributed by atoms with E-state index in [-0.39, 0.29) is 22.3 Å². The molecule has 0 spiro atoms. The molecule has 0 aromatic heterocycles. The second-order valence-electron chi connectivity index (χ2n) is 10.6. The fourth-order valence-electron chi connectivity index (χ4n) is 6.44. The third-order valence-electron chi connectivity index (χ3n) is 7.89. The molecule has 0 bridgehead atoms. The molecule has 0 saturated carbocycles. The lowest BCUT2D eigenvalue weighted by atomic mass is 9.66. The van der Waals surface area contributed by atoms with Crippen LogP contribution in [-0.4, -0.2) is 27.9 Å². The maximum absolute atomic E-state index is 13.6. The Balaban J connectivity index is 1.94. The summed E-state index contributed by atoms with van der Waals surface area (Å²) in [6, 6.07) is 19.7. The highest BCUT2D eigenvalue weighted by Crippen LogP contribution is 2.57. The monoisotopic (exact) mass is 638 g/mol. The zero-order chi connectivity index (χ0) is 31.9. The van der Waals surface area contributed by atoms with Crippen LogP contribution in [0.5, 0.6) is 0 Å². The summed E-state index contributed by atoms with van der Waals surface area (Å²) in [5.74, 6) is 0. The van der Waals surface area contributed by atoms with Gasteiger partial charge in [-0.1, -0.05) is 72.8 Å². The predicted molar refractivity (Wildman–Crippen MR) is 149 cm³/mol. The highest BCUT2D eigenvalue weighted by molar-refractivity contribution is 7.92. The smallest absolute Gasteiger partial charge is 0.214 e. The van der Waals surface area contributed by atoms with Crippen LogP contribution >= 0.6 is 0 Å². The molecule has 0 heterocycles. The van der Waals surface area contributed by atoms with Crippen molar-refractivity contribution in [1.82, 2.24) is 0 Å². The van der Waals surface area contributed by atoms with E-state index < -0.39 is 45.9 Å². The molecule has 5 rings (SSSR count). The fourth-order valence-corrected chi connectivity index (χ4v) is 8.83. The van der Waals surface area contributed by atoms with Crippen LogP contribution in [0.15, 0.2) is 82.6 Å². The number of halogens is 6. The molecule has 1 aliphatic rings. The molecule has 226 valence electrons. The summed E-state index contributed by atoms with van der Waals surface area (Å²) in [6.45, 7) is 5.02. The summed E-state index contributed by atoms with van der Waals surface area (Å²) >= 11 is 0. The first kappa shape index (κ1) is 30.8. The van der Waals surface area contributed by atoms with E-state index in [1.807, 2.05) is 12.1 Å². The molecule has 1 aliphatic carbocycles. The topological polar surface area (TPSA) is 68.3 Å². The summed E-state index contributed by atoms with van der Waals surface area (Å²) < 4.78 is 132. The van der Waals surface area contributed by atoms with E-state index in [0.29, 0.717) is 22.3 Å². The first-order chi connectivity index (χ1) is 19.8. The van der Waals surface area contributed by atoms with Gasteiger partial charge < -0.3 is 0 Å². The second-order valence-corrected chi connectivity index (χ2v) is 14.4. The molecular weight excluding hydrogens is 614 g/mol. The van der Waals surface area contributed by atoms with Crippen LogP contribution in [0.2, 0.25) is 0 Å². The van der Waals surface area contributed by atoms with Crippen LogP contribution in [0, 0.1) is 27.7 Å². The highest BCUT2D eigenvalue weighted by atomic mass is 32.2. The lowest BCUT2D eigenvalue weighted by molar-refractivity contribution is -0.0442. The minimum atomic E-state index is -5.71. The molecule has 0 radical (unpaired) electrons. The minimum absolute atomic E-state index is 0.168. The van der Waals surface area contributed by atoms with Gasteiger partial charge in [-0.2, -0.15) is 26.3 Å². The molecule has 0 N–H and O–H groups in total. The third kappa shape index (κ3) is 4.32. The normalized spacial score (nSPS) is 14.8. The van der Waals surface area contributed by atoms with E-state index in [1.165, 1.54) is 52.0 Å². The van der Waals surface area contributed by atoms with Crippen LogP contribution in [0.4, 0.5) is 26.3 Å². The van der Waals surface area contributed by atoms with Crippen molar-refractivity contribution in [3.05, 3.63) is 117 Å². The number of alkyl halides is 6. The summed E-state index contributed by atoms with van der Waals surface area (Å²) in [4.78, 5) is -1.75. The van der Waals surface area contributed by atoms with Gasteiger partial charge in [0.1, 0.15) is 0 Å². The molecule has 0 unspecified atom stereocenters. The van der Waals surface area contributed by atoms with Crippen LogP contribution in [0.3, 0.4) is 0 Å². The molecular formula is C31H24F6O4S2. The fraction of sp³-hybridized carbons (Fsp3) is 0.226. The van der Waals surface area contributed by atoms with E-state index in [2.05, 4.69) is 0 Å². The Morgan fingerprint density at radius 3 is 1.07 bits per heavy atom. The van der Waals surface area contributed by atoms with Crippen molar-refractivity contribution in [2.45, 2.75) is 53.9 Å². The molecule has 0 saturated heterocycles. The van der Waals surface area contributed by atoms with Crippen molar-refractivity contribution in [2.24, 2.45) is 0 Å². The number of sulfone groups is 2. The van der Waals surface area contributed by atoms with Crippen molar-refractivity contribution in [3.8, 4) is 11.1 Å². The number of aryl methyl sites for hydroxylation is 4. The molecule has 4 aromatic rings. The van der Waals surface area contributed by atoms with Crippen LogP contribution in [0.25, 0.3) is 11.1 Å². The van der Waals surface area contributed by atoms with Gasteiger partial charge in [0, 0.05) is 0 Å². The predicted octanol–water partition coefficient (Wildman–Crippen LogP) is 7.87.